The molecule has 0 atom stereocenters. The Balaban J connectivity index is 1.32. The van der Waals surface area contributed by atoms with Crippen LogP contribution in [0.25, 0.3) is 11.0 Å². The standard InChI is InChI=1S/C23H31N7/c1-28-22-20(16-24-28)21(25-19-10-6-3-7-11-19)26-23(27-22)30-14-12-29(13-15-30)17-18-8-4-2-5-9-18/h2,4-5,8-9,16,19H,3,6-7,10-15,17H2,1H3,(H,25,26,27). The molecule has 158 valence electrons. The maximum absolute atomic E-state index is 4.97. The van der Waals surface area contributed by atoms with Crippen molar-refractivity contribution in [2.45, 2.75) is 44.7 Å². The monoisotopic (exact) mass is 405 g/mol. The van der Waals surface area contributed by atoms with Gasteiger partial charge >= 0.3 is 0 Å². The van der Waals surface area contributed by atoms with Crippen molar-refractivity contribution in [3.63, 3.8) is 0 Å². The third kappa shape index (κ3) is 4.12. The molecule has 2 aromatic heterocycles. The lowest BCUT2D eigenvalue weighted by atomic mass is 9.95. The normalized spacial score (nSPS) is 18.8. The van der Waals surface area contributed by atoms with Gasteiger partial charge in [0.05, 0.1) is 11.6 Å². The molecule has 1 saturated carbocycles. The number of benzene rings is 1. The van der Waals surface area contributed by atoms with Gasteiger partial charge in [-0.05, 0) is 18.4 Å². The number of hydrogen-bond donors (Lipinski definition) is 1. The van der Waals surface area contributed by atoms with Crippen LogP contribution in [-0.4, -0.2) is 56.9 Å². The number of nitrogens with zero attached hydrogens (tertiary/aromatic N) is 6. The molecule has 2 aliphatic rings. The van der Waals surface area contributed by atoms with Crippen LogP contribution < -0.4 is 10.2 Å². The first-order chi connectivity index (χ1) is 14.8. The van der Waals surface area contributed by atoms with Crippen LogP contribution in [0.5, 0.6) is 0 Å². The lowest BCUT2D eigenvalue weighted by molar-refractivity contribution is 0.249. The predicted molar refractivity (Wildman–Crippen MR) is 121 cm³/mol. The van der Waals surface area contributed by atoms with Gasteiger partial charge in [0.15, 0.2) is 5.65 Å². The molecule has 1 aliphatic carbocycles. The molecular formula is C23H31N7. The summed E-state index contributed by atoms with van der Waals surface area (Å²) in [5.41, 5.74) is 2.28. The van der Waals surface area contributed by atoms with Gasteiger partial charge in [0.2, 0.25) is 5.95 Å². The lowest BCUT2D eigenvalue weighted by Gasteiger charge is -2.35. The second-order valence-electron chi connectivity index (χ2n) is 8.61. The highest BCUT2D eigenvalue weighted by molar-refractivity contribution is 5.87. The van der Waals surface area contributed by atoms with Gasteiger partial charge in [0.25, 0.3) is 0 Å². The lowest BCUT2D eigenvalue weighted by Crippen LogP contribution is -2.46. The van der Waals surface area contributed by atoms with Crippen LogP contribution in [0.1, 0.15) is 37.7 Å². The fourth-order valence-electron chi connectivity index (χ4n) is 4.65. The Morgan fingerprint density at radius 1 is 0.967 bits per heavy atom. The van der Waals surface area contributed by atoms with Crippen molar-refractivity contribution >= 4 is 22.8 Å². The topological polar surface area (TPSA) is 62.1 Å². The fraction of sp³-hybridized carbons (Fsp3) is 0.522. The third-order valence-electron chi connectivity index (χ3n) is 6.43. The number of aromatic nitrogens is 4. The van der Waals surface area contributed by atoms with E-state index >= 15 is 0 Å². The Morgan fingerprint density at radius 3 is 2.50 bits per heavy atom. The van der Waals surface area contributed by atoms with E-state index in [2.05, 4.69) is 50.5 Å². The van der Waals surface area contributed by atoms with E-state index in [-0.39, 0.29) is 0 Å². The third-order valence-corrected chi connectivity index (χ3v) is 6.43. The molecule has 1 aliphatic heterocycles. The Morgan fingerprint density at radius 2 is 1.73 bits per heavy atom. The van der Waals surface area contributed by atoms with Gasteiger partial charge in [-0.25, -0.2) is 0 Å². The number of aryl methyl sites for hydroxylation is 1. The zero-order valence-electron chi connectivity index (χ0n) is 17.8. The van der Waals surface area contributed by atoms with E-state index in [0.29, 0.717) is 6.04 Å². The van der Waals surface area contributed by atoms with Crippen molar-refractivity contribution in [3.05, 3.63) is 42.1 Å². The van der Waals surface area contributed by atoms with E-state index in [1.807, 2.05) is 17.9 Å². The van der Waals surface area contributed by atoms with E-state index in [1.165, 1.54) is 37.7 Å². The second-order valence-corrected chi connectivity index (χ2v) is 8.61. The summed E-state index contributed by atoms with van der Waals surface area (Å²) >= 11 is 0. The summed E-state index contributed by atoms with van der Waals surface area (Å²) < 4.78 is 1.86. The quantitative estimate of drug-likeness (QED) is 0.702. The van der Waals surface area contributed by atoms with E-state index in [1.54, 1.807) is 0 Å². The van der Waals surface area contributed by atoms with Crippen LogP contribution in [-0.2, 0) is 13.6 Å². The highest BCUT2D eigenvalue weighted by Gasteiger charge is 2.23. The van der Waals surface area contributed by atoms with Crippen LogP contribution in [0.3, 0.4) is 0 Å². The maximum atomic E-state index is 4.97. The highest BCUT2D eigenvalue weighted by Crippen LogP contribution is 2.27. The Hall–Kier alpha value is -2.67. The fourth-order valence-corrected chi connectivity index (χ4v) is 4.65. The molecule has 7 nitrogen and oxygen atoms in total. The smallest absolute Gasteiger partial charge is 0.229 e. The molecule has 0 radical (unpaired) electrons. The molecule has 0 unspecified atom stereocenters. The van der Waals surface area contributed by atoms with Crippen molar-refractivity contribution in [2.24, 2.45) is 7.05 Å². The summed E-state index contributed by atoms with van der Waals surface area (Å²) in [6.07, 6.45) is 8.29. The van der Waals surface area contributed by atoms with E-state index in [4.69, 9.17) is 9.97 Å². The Bertz CT molecular complexity index is 970. The first kappa shape index (κ1) is 19.3. The van der Waals surface area contributed by atoms with Gasteiger partial charge in [-0.2, -0.15) is 15.1 Å². The minimum atomic E-state index is 0.507. The molecule has 3 heterocycles. The van der Waals surface area contributed by atoms with Crippen LogP contribution >= 0.6 is 0 Å². The van der Waals surface area contributed by atoms with Crippen molar-refractivity contribution in [1.82, 2.24) is 24.6 Å². The summed E-state index contributed by atoms with van der Waals surface area (Å²) in [7, 11) is 1.96. The van der Waals surface area contributed by atoms with Gasteiger partial charge in [-0.1, -0.05) is 49.6 Å². The van der Waals surface area contributed by atoms with Gasteiger partial charge in [0, 0.05) is 45.8 Å². The predicted octanol–water partition coefficient (Wildman–Crippen LogP) is 3.43. The van der Waals surface area contributed by atoms with Gasteiger partial charge in [-0.15, -0.1) is 0 Å². The summed E-state index contributed by atoms with van der Waals surface area (Å²) in [6.45, 7) is 4.93. The average molecular weight is 406 g/mol. The van der Waals surface area contributed by atoms with E-state index < -0.39 is 0 Å². The SMILES string of the molecule is Cn1ncc2c(NC3CCCCC3)nc(N3CCN(Cc4ccccc4)CC3)nc21. The second kappa shape index (κ2) is 8.60. The van der Waals surface area contributed by atoms with Crippen molar-refractivity contribution in [2.75, 3.05) is 36.4 Å². The van der Waals surface area contributed by atoms with Crippen LogP contribution in [0.15, 0.2) is 36.5 Å². The number of piperazine rings is 1. The minimum Gasteiger partial charge on any atom is -0.367 e. The molecule has 0 spiro atoms. The molecule has 0 bridgehead atoms. The van der Waals surface area contributed by atoms with Crippen LogP contribution in [0, 0.1) is 0 Å². The van der Waals surface area contributed by atoms with Gasteiger partial charge in [0.1, 0.15) is 5.82 Å². The molecular weight excluding hydrogens is 374 g/mol. The summed E-state index contributed by atoms with van der Waals surface area (Å²) in [5, 5.41) is 9.18. The first-order valence-electron chi connectivity index (χ1n) is 11.2. The van der Waals surface area contributed by atoms with Crippen molar-refractivity contribution in [1.29, 1.82) is 0 Å². The molecule has 5 rings (SSSR count). The Labute approximate surface area is 178 Å². The highest BCUT2D eigenvalue weighted by atomic mass is 15.4. The zero-order chi connectivity index (χ0) is 20.3. The first-order valence-corrected chi connectivity index (χ1v) is 11.2. The van der Waals surface area contributed by atoms with E-state index in [9.17, 15) is 0 Å². The maximum Gasteiger partial charge on any atom is 0.229 e. The molecule has 0 amide bonds. The van der Waals surface area contributed by atoms with Gasteiger partial charge in [-0.3, -0.25) is 9.58 Å². The minimum absolute atomic E-state index is 0.507. The van der Waals surface area contributed by atoms with Crippen molar-refractivity contribution < 1.29 is 0 Å². The molecule has 3 aromatic rings. The summed E-state index contributed by atoms with van der Waals surface area (Å²) in [6, 6.07) is 11.2. The number of anilines is 2. The summed E-state index contributed by atoms with van der Waals surface area (Å²) in [4.78, 5) is 14.7. The number of fused-ring (bicyclic) bond motifs is 1. The molecule has 1 saturated heterocycles. The molecule has 30 heavy (non-hydrogen) atoms. The van der Waals surface area contributed by atoms with Crippen molar-refractivity contribution in [3.8, 4) is 0 Å². The van der Waals surface area contributed by atoms with Gasteiger partial charge < -0.3 is 10.2 Å². The van der Waals surface area contributed by atoms with E-state index in [0.717, 1.165) is 55.5 Å². The molecule has 1 aromatic carbocycles. The summed E-state index contributed by atoms with van der Waals surface area (Å²) in [5.74, 6) is 1.77. The van der Waals surface area contributed by atoms with Crippen LogP contribution in [0.4, 0.5) is 11.8 Å². The van der Waals surface area contributed by atoms with Crippen LogP contribution in [0.2, 0.25) is 0 Å². The molecule has 2 fully saturated rings. The largest absolute Gasteiger partial charge is 0.367 e. The number of hydrogen-bond acceptors (Lipinski definition) is 6. The molecule has 1 N–H and O–H groups in total. The molecule has 7 heteroatoms. The zero-order valence-corrected chi connectivity index (χ0v) is 17.8. The average Bonchev–Trinajstić information content (AvgIpc) is 3.17. The number of rotatable bonds is 5. The number of nitrogens with one attached hydrogen (secondary N) is 1. The Kier molecular flexibility index (Phi) is 5.53.